The number of hydrogen-bond acceptors (Lipinski definition) is 2. The van der Waals surface area contributed by atoms with Gasteiger partial charge in [-0.2, -0.15) is 0 Å². The topological polar surface area (TPSA) is 29.9 Å². The number of nitrogens with zero attached hydrogens (tertiary/aromatic N) is 2. The van der Waals surface area contributed by atoms with E-state index in [9.17, 15) is 0 Å². The molecule has 0 bridgehead atoms. The van der Waals surface area contributed by atoms with Gasteiger partial charge in [0.05, 0.1) is 0 Å². The van der Waals surface area contributed by atoms with Gasteiger partial charge in [-0.1, -0.05) is 32.1 Å². The third-order valence-electron chi connectivity index (χ3n) is 5.10. The summed E-state index contributed by atoms with van der Waals surface area (Å²) in [5, 5.41) is 3.69. The zero-order valence-electron chi connectivity index (χ0n) is 12.1. The lowest BCUT2D eigenvalue weighted by atomic mass is 9.85. The van der Waals surface area contributed by atoms with Crippen molar-refractivity contribution >= 4 is 5.95 Å². The first-order valence-electron chi connectivity index (χ1n) is 8.14. The number of aromatic nitrogens is 2. The fourth-order valence-electron chi connectivity index (χ4n) is 3.86. The molecule has 2 aliphatic rings. The zero-order chi connectivity index (χ0) is 13.1. The van der Waals surface area contributed by atoms with E-state index in [1.165, 1.54) is 57.8 Å². The summed E-state index contributed by atoms with van der Waals surface area (Å²) in [6, 6.07) is 1.24. The number of anilines is 1. The van der Waals surface area contributed by atoms with Crippen molar-refractivity contribution in [2.75, 3.05) is 5.32 Å². The van der Waals surface area contributed by atoms with Crippen molar-refractivity contribution in [3.63, 3.8) is 0 Å². The van der Waals surface area contributed by atoms with Gasteiger partial charge in [-0.05, 0) is 38.5 Å². The molecule has 0 saturated heterocycles. The molecule has 0 radical (unpaired) electrons. The maximum absolute atomic E-state index is 4.55. The Balaban J connectivity index is 1.63. The molecule has 1 atom stereocenters. The van der Waals surface area contributed by atoms with Crippen LogP contribution < -0.4 is 5.32 Å². The van der Waals surface area contributed by atoms with Crippen LogP contribution in [0.4, 0.5) is 5.95 Å². The average molecular weight is 261 g/mol. The van der Waals surface area contributed by atoms with Crippen LogP contribution in [0, 0.1) is 5.92 Å². The van der Waals surface area contributed by atoms with Gasteiger partial charge in [-0.25, -0.2) is 4.98 Å². The van der Waals surface area contributed by atoms with Crippen LogP contribution in [0.1, 0.15) is 70.8 Å². The summed E-state index contributed by atoms with van der Waals surface area (Å²) in [5.41, 5.74) is 0. The van der Waals surface area contributed by atoms with Gasteiger partial charge in [0, 0.05) is 24.5 Å². The highest BCUT2D eigenvalue weighted by Gasteiger charge is 2.23. The minimum Gasteiger partial charge on any atom is -0.353 e. The first-order chi connectivity index (χ1) is 9.34. The molecular formula is C16H27N3. The predicted molar refractivity (Wildman–Crippen MR) is 79.4 cm³/mol. The van der Waals surface area contributed by atoms with Crippen LogP contribution in [0.2, 0.25) is 0 Å². The Labute approximate surface area is 116 Å². The molecule has 0 amide bonds. The molecule has 2 aliphatic carbocycles. The van der Waals surface area contributed by atoms with E-state index in [1.807, 2.05) is 6.20 Å². The number of nitrogens with one attached hydrogen (secondary N) is 1. The average Bonchev–Trinajstić information content (AvgIpc) is 3.10. The van der Waals surface area contributed by atoms with E-state index in [1.54, 1.807) is 0 Å². The van der Waals surface area contributed by atoms with E-state index in [0.29, 0.717) is 12.1 Å². The fraction of sp³-hybridized carbons (Fsp3) is 0.812. The Hall–Kier alpha value is -0.990. The molecule has 1 aromatic heterocycles. The van der Waals surface area contributed by atoms with Crippen LogP contribution in [-0.4, -0.2) is 15.6 Å². The highest BCUT2D eigenvalue weighted by atomic mass is 15.2. The summed E-state index contributed by atoms with van der Waals surface area (Å²) >= 11 is 0. The second kappa shape index (κ2) is 5.98. The lowest BCUT2D eigenvalue weighted by Crippen LogP contribution is -2.29. The molecule has 0 aromatic carbocycles. The monoisotopic (exact) mass is 261 g/mol. The minimum atomic E-state index is 0.558. The molecule has 3 heteroatoms. The quantitative estimate of drug-likeness (QED) is 0.871. The molecule has 2 fully saturated rings. The van der Waals surface area contributed by atoms with Gasteiger partial charge in [0.2, 0.25) is 5.95 Å². The predicted octanol–water partition coefficient (Wildman–Crippen LogP) is 4.38. The van der Waals surface area contributed by atoms with E-state index >= 15 is 0 Å². The number of rotatable bonds is 4. The summed E-state index contributed by atoms with van der Waals surface area (Å²) < 4.78 is 2.38. The highest BCUT2D eigenvalue weighted by Crippen LogP contribution is 2.33. The summed E-state index contributed by atoms with van der Waals surface area (Å²) in [7, 11) is 0. The van der Waals surface area contributed by atoms with Crippen LogP contribution in [-0.2, 0) is 0 Å². The minimum absolute atomic E-state index is 0.558. The van der Waals surface area contributed by atoms with Gasteiger partial charge in [0.1, 0.15) is 0 Å². The van der Waals surface area contributed by atoms with Gasteiger partial charge < -0.3 is 9.88 Å². The second-order valence-corrected chi connectivity index (χ2v) is 6.43. The first-order valence-corrected chi connectivity index (χ1v) is 8.14. The zero-order valence-corrected chi connectivity index (χ0v) is 12.1. The second-order valence-electron chi connectivity index (χ2n) is 6.43. The van der Waals surface area contributed by atoms with Crippen molar-refractivity contribution in [3.05, 3.63) is 12.4 Å². The molecule has 3 nitrogen and oxygen atoms in total. The third-order valence-corrected chi connectivity index (χ3v) is 5.10. The lowest BCUT2D eigenvalue weighted by Gasteiger charge is -2.29. The summed E-state index contributed by atoms with van der Waals surface area (Å²) in [5.74, 6) is 1.94. The van der Waals surface area contributed by atoms with Gasteiger partial charge >= 0.3 is 0 Å². The molecule has 0 spiro atoms. The van der Waals surface area contributed by atoms with E-state index in [4.69, 9.17) is 0 Å². The molecule has 1 N–H and O–H groups in total. The number of hydrogen-bond donors (Lipinski definition) is 1. The lowest BCUT2D eigenvalue weighted by molar-refractivity contribution is 0.326. The Morgan fingerprint density at radius 3 is 2.53 bits per heavy atom. The molecule has 1 aromatic rings. The van der Waals surface area contributed by atoms with Crippen LogP contribution in [0.5, 0.6) is 0 Å². The van der Waals surface area contributed by atoms with Crippen LogP contribution in [0.25, 0.3) is 0 Å². The van der Waals surface area contributed by atoms with E-state index in [0.717, 1.165) is 11.9 Å². The van der Waals surface area contributed by atoms with Crippen LogP contribution in [0.3, 0.4) is 0 Å². The Morgan fingerprint density at radius 1 is 1.11 bits per heavy atom. The molecule has 3 rings (SSSR count). The molecular weight excluding hydrogens is 234 g/mol. The molecule has 1 heterocycles. The van der Waals surface area contributed by atoms with Gasteiger partial charge in [0.25, 0.3) is 0 Å². The first kappa shape index (κ1) is 13.0. The molecule has 106 valence electrons. The number of imidazole rings is 1. The van der Waals surface area contributed by atoms with Crippen LogP contribution in [0.15, 0.2) is 12.4 Å². The maximum atomic E-state index is 4.55. The Bertz CT molecular complexity index is 386. The van der Waals surface area contributed by atoms with Crippen molar-refractivity contribution in [1.29, 1.82) is 0 Å². The van der Waals surface area contributed by atoms with Crippen LogP contribution >= 0.6 is 0 Å². The van der Waals surface area contributed by atoms with Crippen molar-refractivity contribution in [1.82, 2.24) is 9.55 Å². The summed E-state index contributed by atoms with van der Waals surface area (Å²) in [6.07, 6.45) is 16.5. The molecule has 19 heavy (non-hydrogen) atoms. The van der Waals surface area contributed by atoms with Gasteiger partial charge in [-0.15, -0.1) is 0 Å². The van der Waals surface area contributed by atoms with E-state index < -0.39 is 0 Å². The smallest absolute Gasteiger partial charge is 0.203 e. The molecule has 0 aliphatic heterocycles. The van der Waals surface area contributed by atoms with E-state index in [-0.39, 0.29) is 0 Å². The molecule has 1 unspecified atom stereocenters. The van der Waals surface area contributed by atoms with Crippen molar-refractivity contribution < 1.29 is 0 Å². The SMILES string of the molecule is CC(Nc1nccn1C1CCCC1)C1CCCCC1. The van der Waals surface area contributed by atoms with Gasteiger partial charge in [0.15, 0.2) is 0 Å². The summed E-state index contributed by atoms with van der Waals surface area (Å²) in [6.45, 7) is 2.34. The standard InChI is InChI=1S/C16H27N3/c1-13(14-7-3-2-4-8-14)18-16-17-11-12-19(16)15-9-5-6-10-15/h11-15H,2-10H2,1H3,(H,17,18). The Kier molecular flexibility index (Phi) is 4.09. The van der Waals surface area contributed by atoms with E-state index in [2.05, 4.69) is 28.0 Å². The third kappa shape index (κ3) is 2.96. The molecule has 2 saturated carbocycles. The normalized spacial score (nSPS) is 23.6. The largest absolute Gasteiger partial charge is 0.353 e. The van der Waals surface area contributed by atoms with Crippen molar-refractivity contribution in [3.8, 4) is 0 Å². The maximum Gasteiger partial charge on any atom is 0.203 e. The van der Waals surface area contributed by atoms with Crippen molar-refractivity contribution in [2.45, 2.75) is 76.8 Å². The summed E-state index contributed by atoms with van der Waals surface area (Å²) in [4.78, 5) is 4.55. The van der Waals surface area contributed by atoms with Crippen molar-refractivity contribution in [2.24, 2.45) is 5.92 Å². The highest BCUT2D eigenvalue weighted by molar-refractivity contribution is 5.28. The fourth-order valence-corrected chi connectivity index (χ4v) is 3.86. The Morgan fingerprint density at radius 2 is 1.79 bits per heavy atom. The van der Waals surface area contributed by atoms with Gasteiger partial charge in [-0.3, -0.25) is 0 Å².